The van der Waals surface area contributed by atoms with Crippen molar-refractivity contribution in [2.45, 2.75) is 39.7 Å². The van der Waals surface area contributed by atoms with Crippen molar-refractivity contribution < 1.29 is 4.79 Å². The second kappa shape index (κ2) is 5.41. The first-order valence-corrected chi connectivity index (χ1v) is 7.38. The fraction of sp³-hybridized carbons (Fsp3) is 0.643. The summed E-state index contributed by atoms with van der Waals surface area (Å²) in [6.07, 6.45) is 1.86. The van der Waals surface area contributed by atoms with Gasteiger partial charge in [0, 0.05) is 28.8 Å². The molecule has 1 aliphatic heterocycles. The van der Waals surface area contributed by atoms with Crippen molar-refractivity contribution in [2.75, 3.05) is 13.1 Å². The molecule has 2 atom stereocenters. The number of amides is 1. The standard InChI is InChI=1S/C14H22N2OS/c1-10(8-12-5-4-11(2)18-12)16-13(17)14(3)6-7-15-9-14/h4-5,10,15H,6-9H2,1-3H3,(H,16,17). The predicted octanol–water partition coefficient (Wildman–Crippen LogP) is 2.10. The maximum Gasteiger partial charge on any atom is 0.227 e. The first-order valence-electron chi connectivity index (χ1n) is 6.57. The molecular formula is C14H22N2OS. The highest BCUT2D eigenvalue weighted by Crippen LogP contribution is 2.25. The molecule has 18 heavy (non-hydrogen) atoms. The van der Waals surface area contributed by atoms with E-state index in [1.54, 1.807) is 0 Å². The molecule has 1 aromatic rings. The summed E-state index contributed by atoms with van der Waals surface area (Å²) >= 11 is 1.81. The summed E-state index contributed by atoms with van der Waals surface area (Å²) in [5.41, 5.74) is -0.223. The van der Waals surface area contributed by atoms with Crippen LogP contribution in [0, 0.1) is 12.3 Å². The Labute approximate surface area is 113 Å². The topological polar surface area (TPSA) is 41.1 Å². The molecule has 0 radical (unpaired) electrons. The molecule has 2 N–H and O–H groups in total. The van der Waals surface area contributed by atoms with Crippen LogP contribution in [0.4, 0.5) is 0 Å². The van der Waals surface area contributed by atoms with E-state index in [1.165, 1.54) is 9.75 Å². The Bertz CT molecular complexity index is 421. The summed E-state index contributed by atoms with van der Waals surface area (Å²) in [4.78, 5) is 14.9. The number of rotatable bonds is 4. The van der Waals surface area contributed by atoms with Gasteiger partial charge in [-0.25, -0.2) is 0 Å². The molecule has 0 aliphatic carbocycles. The van der Waals surface area contributed by atoms with Gasteiger partial charge in [0.2, 0.25) is 5.91 Å². The predicted molar refractivity (Wildman–Crippen MR) is 76.0 cm³/mol. The SMILES string of the molecule is Cc1ccc(CC(C)NC(=O)C2(C)CCNC2)s1. The van der Waals surface area contributed by atoms with E-state index in [0.717, 1.165) is 25.9 Å². The van der Waals surface area contributed by atoms with Gasteiger partial charge in [-0.2, -0.15) is 0 Å². The molecule has 2 rings (SSSR count). The first kappa shape index (κ1) is 13.6. The van der Waals surface area contributed by atoms with E-state index in [1.807, 2.05) is 18.3 Å². The number of nitrogens with one attached hydrogen (secondary N) is 2. The van der Waals surface area contributed by atoms with Gasteiger partial charge in [-0.3, -0.25) is 4.79 Å². The smallest absolute Gasteiger partial charge is 0.227 e. The first-order chi connectivity index (χ1) is 8.49. The van der Waals surface area contributed by atoms with Gasteiger partial charge in [-0.05, 0) is 45.9 Å². The van der Waals surface area contributed by atoms with Gasteiger partial charge in [0.15, 0.2) is 0 Å². The Balaban J connectivity index is 1.87. The van der Waals surface area contributed by atoms with Gasteiger partial charge in [0.05, 0.1) is 5.41 Å². The number of aryl methyl sites for hydroxylation is 1. The molecule has 0 saturated carbocycles. The van der Waals surface area contributed by atoms with Crippen LogP contribution >= 0.6 is 11.3 Å². The summed E-state index contributed by atoms with van der Waals surface area (Å²) in [7, 11) is 0. The summed E-state index contributed by atoms with van der Waals surface area (Å²) in [5.74, 6) is 0.188. The summed E-state index contributed by atoms with van der Waals surface area (Å²) < 4.78 is 0. The van der Waals surface area contributed by atoms with E-state index in [0.29, 0.717) is 0 Å². The minimum atomic E-state index is -0.223. The summed E-state index contributed by atoms with van der Waals surface area (Å²) in [6.45, 7) is 7.98. The third-order valence-corrected chi connectivity index (χ3v) is 4.62. The fourth-order valence-corrected chi connectivity index (χ4v) is 3.38. The molecular weight excluding hydrogens is 244 g/mol. The summed E-state index contributed by atoms with van der Waals surface area (Å²) in [6, 6.07) is 4.49. The largest absolute Gasteiger partial charge is 0.353 e. The number of carbonyl (C=O) groups excluding carboxylic acids is 1. The van der Waals surface area contributed by atoms with Crippen molar-refractivity contribution in [2.24, 2.45) is 5.41 Å². The van der Waals surface area contributed by atoms with Crippen LogP contribution in [0.2, 0.25) is 0 Å². The molecule has 0 aromatic carbocycles. The number of hydrogen-bond acceptors (Lipinski definition) is 3. The molecule has 1 amide bonds. The molecule has 1 fully saturated rings. The Morgan fingerprint density at radius 3 is 2.94 bits per heavy atom. The van der Waals surface area contributed by atoms with E-state index in [4.69, 9.17) is 0 Å². The molecule has 0 bridgehead atoms. The second-order valence-electron chi connectivity index (χ2n) is 5.58. The Hall–Kier alpha value is -0.870. The van der Waals surface area contributed by atoms with Gasteiger partial charge in [0.25, 0.3) is 0 Å². The zero-order chi connectivity index (χ0) is 13.2. The highest BCUT2D eigenvalue weighted by atomic mass is 32.1. The quantitative estimate of drug-likeness (QED) is 0.876. The highest BCUT2D eigenvalue weighted by Gasteiger charge is 2.36. The van der Waals surface area contributed by atoms with E-state index in [-0.39, 0.29) is 17.4 Å². The van der Waals surface area contributed by atoms with Gasteiger partial charge >= 0.3 is 0 Å². The van der Waals surface area contributed by atoms with Crippen LogP contribution in [-0.2, 0) is 11.2 Å². The van der Waals surface area contributed by atoms with Crippen LogP contribution in [0.3, 0.4) is 0 Å². The molecule has 0 spiro atoms. The molecule has 2 heterocycles. The average Bonchev–Trinajstić information content (AvgIpc) is 2.89. The third-order valence-electron chi connectivity index (χ3n) is 3.60. The van der Waals surface area contributed by atoms with E-state index >= 15 is 0 Å². The van der Waals surface area contributed by atoms with Crippen molar-refractivity contribution in [1.29, 1.82) is 0 Å². The van der Waals surface area contributed by atoms with Crippen molar-refractivity contribution in [3.05, 3.63) is 21.9 Å². The molecule has 1 aliphatic rings. The minimum absolute atomic E-state index is 0.188. The maximum absolute atomic E-state index is 12.2. The fourth-order valence-electron chi connectivity index (χ4n) is 2.36. The van der Waals surface area contributed by atoms with Gasteiger partial charge < -0.3 is 10.6 Å². The Morgan fingerprint density at radius 1 is 1.61 bits per heavy atom. The lowest BCUT2D eigenvalue weighted by atomic mass is 9.88. The molecule has 100 valence electrons. The van der Waals surface area contributed by atoms with Crippen molar-refractivity contribution in [3.8, 4) is 0 Å². The minimum Gasteiger partial charge on any atom is -0.353 e. The van der Waals surface area contributed by atoms with E-state index in [9.17, 15) is 4.79 Å². The van der Waals surface area contributed by atoms with Crippen LogP contribution in [0.1, 0.15) is 30.0 Å². The Kier molecular flexibility index (Phi) is 4.07. The Morgan fingerprint density at radius 2 is 2.39 bits per heavy atom. The van der Waals surface area contributed by atoms with Crippen molar-refractivity contribution in [1.82, 2.24) is 10.6 Å². The van der Waals surface area contributed by atoms with Crippen LogP contribution in [0.5, 0.6) is 0 Å². The average molecular weight is 266 g/mol. The molecule has 1 saturated heterocycles. The number of thiophene rings is 1. The van der Waals surface area contributed by atoms with Crippen LogP contribution in [0.25, 0.3) is 0 Å². The van der Waals surface area contributed by atoms with Gasteiger partial charge in [-0.15, -0.1) is 11.3 Å². The van der Waals surface area contributed by atoms with Crippen molar-refractivity contribution >= 4 is 17.2 Å². The second-order valence-corrected chi connectivity index (χ2v) is 6.95. The lowest BCUT2D eigenvalue weighted by Crippen LogP contribution is -2.44. The van der Waals surface area contributed by atoms with E-state index in [2.05, 4.69) is 36.6 Å². The van der Waals surface area contributed by atoms with Crippen molar-refractivity contribution in [3.63, 3.8) is 0 Å². The number of hydrogen-bond donors (Lipinski definition) is 2. The zero-order valence-electron chi connectivity index (χ0n) is 11.4. The summed E-state index contributed by atoms with van der Waals surface area (Å²) in [5, 5.41) is 6.41. The van der Waals surface area contributed by atoms with Crippen LogP contribution in [0.15, 0.2) is 12.1 Å². The van der Waals surface area contributed by atoms with Gasteiger partial charge in [0.1, 0.15) is 0 Å². The normalized spacial score (nSPS) is 25.1. The third kappa shape index (κ3) is 3.12. The highest BCUT2D eigenvalue weighted by molar-refractivity contribution is 7.11. The maximum atomic E-state index is 12.2. The number of carbonyl (C=O) groups is 1. The molecule has 3 nitrogen and oxygen atoms in total. The molecule has 1 aromatic heterocycles. The van der Waals surface area contributed by atoms with Crippen LogP contribution < -0.4 is 10.6 Å². The zero-order valence-corrected chi connectivity index (χ0v) is 12.2. The van der Waals surface area contributed by atoms with Crippen LogP contribution in [-0.4, -0.2) is 25.0 Å². The lowest BCUT2D eigenvalue weighted by molar-refractivity contribution is -0.129. The monoisotopic (exact) mass is 266 g/mol. The van der Waals surface area contributed by atoms with Gasteiger partial charge in [-0.1, -0.05) is 0 Å². The lowest BCUT2D eigenvalue weighted by Gasteiger charge is -2.24. The molecule has 4 heteroatoms. The molecule has 2 unspecified atom stereocenters. The van der Waals surface area contributed by atoms with E-state index < -0.39 is 0 Å².